The number of nitrogens with one attached hydrogen (secondary N) is 1. The van der Waals surface area contributed by atoms with E-state index in [1.54, 1.807) is 0 Å². The van der Waals surface area contributed by atoms with Crippen LogP contribution in [0.2, 0.25) is 0 Å². The summed E-state index contributed by atoms with van der Waals surface area (Å²) in [5.74, 6) is 0.775. The molecular weight excluding hydrogens is 262 g/mol. The SMILES string of the molecule is Brc1cccc2c(C3CCCCC3)c[nH]c12. The van der Waals surface area contributed by atoms with E-state index in [1.165, 1.54) is 53.0 Å². The Morgan fingerprint density at radius 2 is 1.94 bits per heavy atom. The van der Waals surface area contributed by atoms with Gasteiger partial charge < -0.3 is 4.98 Å². The zero-order valence-electron chi connectivity index (χ0n) is 9.30. The molecule has 2 aromatic rings. The second-order valence-electron chi connectivity index (χ2n) is 4.74. The largest absolute Gasteiger partial charge is 0.360 e. The molecule has 1 fully saturated rings. The van der Waals surface area contributed by atoms with E-state index in [4.69, 9.17) is 0 Å². The number of aromatic nitrogens is 1. The molecule has 3 rings (SSSR count). The molecule has 16 heavy (non-hydrogen) atoms. The van der Waals surface area contributed by atoms with Crippen molar-refractivity contribution in [2.75, 3.05) is 0 Å². The fourth-order valence-electron chi connectivity index (χ4n) is 2.89. The molecule has 0 aliphatic heterocycles. The van der Waals surface area contributed by atoms with Gasteiger partial charge in [-0.3, -0.25) is 0 Å². The highest BCUT2D eigenvalue weighted by molar-refractivity contribution is 9.10. The maximum absolute atomic E-state index is 3.60. The van der Waals surface area contributed by atoms with Gasteiger partial charge in [-0.2, -0.15) is 0 Å². The Morgan fingerprint density at radius 1 is 1.12 bits per heavy atom. The average molecular weight is 278 g/mol. The van der Waals surface area contributed by atoms with Crippen LogP contribution in [0.3, 0.4) is 0 Å². The Bertz CT molecular complexity index is 494. The third kappa shape index (κ3) is 1.69. The summed E-state index contributed by atoms with van der Waals surface area (Å²) in [7, 11) is 0. The smallest absolute Gasteiger partial charge is 0.0601 e. The van der Waals surface area contributed by atoms with Gasteiger partial charge in [0.2, 0.25) is 0 Å². The molecule has 1 nitrogen and oxygen atoms in total. The first-order valence-electron chi connectivity index (χ1n) is 6.12. The van der Waals surface area contributed by atoms with Crippen molar-refractivity contribution in [1.82, 2.24) is 4.98 Å². The highest BCUT2D eigenvalue weighted by Gasteiger charge is 2.18. The van der Waals surface area contributed by atoms with Crippen molar-refractivity contribution >= 4 is 26.8 Å². The second-order valence-corrected chi connectivity index (χ2v) is 5.60. The van der Waals surface area contributed by atoms with Gasteiger partial charge in [0, 0.05) is 16.1 Å². The number of hydrogen-bond acceptors (Lipinski definition) is 0. The van der Waals surface area contributed by atoms with Crippen LogP contribution in [0.1, 0.15) is 43.6 Å². The summed E-state index contributed by atoms with van der Waals surface area (Å²) < 4.78 is 1.17. The fraction of sp³-hybridized carbons (Fsp3) is 0.429. The fourth-order valence-corrected chi connectivity index (χ4v) is 3.37. The first-order valence-corrected chi connectivity index (χ1v) is 6.91. The lowest BCUT2D eigenvalue weighted by molar-refractivity contribution is 0.445. The summed E-state index contributed by atoms with van der Waals surface area (Å²) in [6, 6.07) is 6.47. The number of halogens is 1. The number of aromatic amines is 1. The lowest BCUT2D eigenvalue weighted by atomic mass is 9.84. The molecule has 0 radical (unpaired) electrons. The third-order valence-electron chi connectivity index (χ3n) is 3.74. The lowest BCUT2D eigenvalue weighted by Gasteiger charge is -2.21. The van der Waals surface area contributed by atoms with Gasteiger partial charge in [-0.15, -0.1) is 0 Å². The van der Waals surface area contributed by atoms with E-state index in [1.807, 2.05) is 0 Å². The van der Waals surface area contributed by atoms with Crippen LogP contribution in [0.5, 0.6) is 0 Å². The van der Waals surface area contributed by atoms with Crippen LogP contribution in [0, 0.1) is 0 Å². The van der Waals surface area contributed by atoms with Crippen LogP contribution in [-0.4, -0.2) is 4.98 Å². The maximum atomic E-state index is 3.60. The Morgan fingerprint density at radius 3 is 2.75 bits per heavy atom. The van der Waals surface area contributed by atoms with Gasteiger partial charge in [0.1, 0.15) is 0 Å². The van der Waals surface area contributed by atoms with E-state index < -0.39 is 0 Å². The molecule has 0 saturated heterocycles. The van der Waals surface area contributed by atoms with Gasteiger partial charge in [0.25, 0.3) is 0 Å². The Hall–Kier alpha value is -0.760. The van der Waals surface area contributed by atoms with Crippen molar-refractivity contribution in [2.24, 2.45) is 0 Å². The molecule has 1 N–H and O–H groups in total. The molecule has 0 amide bonds. The molecule has 84 valence electrons. The molecule has 1 aliphatic carbocycles. The number of H-pyrrole nitrogens is 1. The third-order valence-corrected chi connectivity index (χ3v) is 4.40. The highest BCUT2D eigenvalue weighted by Crippen LogP contribution is 2.37. The Balaban J connectivity index is 2.06. The van der Waals surface area contributed by atoms with E-state index in [0.29, 0.717) is 0 Å². The van der Waals surface area contributed by atoms with Gasteiger partial charge in [0.05, 0.1) is 5.52 Å². The van der Waals surface area contributed by atoms with Crippen LogP contribution < -0.4 is 0 Å². The summed E-state index contributed by atoms with van der Waals surface area (Å²) in [5.41, 5.74) is 2.78. The molecule has 1 heterocycles. The zero-order valence-corrected chi connectivity index (χ0v) is 10.9. The summed E-state index contributed by atoms with van der Waals surface area (Å²) in [5, 5.41) is 1.40. The van der Waals surface area contributed by atoms with E-state index in [9.17, 15) is 0 Å². The van der Waals surface area contributed by atoms with Crippen molar-refractivity contribution in [1.29, 1.82) is 0 Å². The number of hydrogen-bond donors (Lipinski definition) is 1. The van der Waals surface area contributed by atoms with Crippen molar-refractivity contribution < 1.29 is 0 Å². The van der Waals surface area contributed by atoms with E-state index in [0.717, 1.165) is 5.92 Å². The first kappa shape index (κ1) is 10.4. The quantitative estimate of drug-likeness (QED) is 0.757. The molecule has 1 aromatic heterocycles. The molecule has 0 bridgehead atoms. The molecule has 0 atom stereocenters. The van der Waals surface area contributed by atoms with Gasteiger partial charge in [-0.1, -0.05) is 31.4 Å². The van der Waals surface area contributed by atoms with Gasteiger partial charge >= 0.3 is 0 Å². The normalized spacial score (nSPS) is 18.1. The predicted octanol–water partition coefficient (Wildman–Crippen LogP) is 4.98. The van der Waals surface area contributed by atoms with Crippen LogP contribution in [0.4, 0.5) is 0 Å². The molecule has 1 aliphatic rings. The lowest BCUT2D eigenvalue weighted by Crippen LogP contribution is -2.03. The van der Waals surface area contributed by atoms with Crippen molar-refractivity contribution in [3.8, 4) is 0 Å². The molecule has 2 heteroatoms. The van der Waals surface area contributed by atoms with Gasteiger partial charge in [0.15, 0.2) is 0 Å². The highest BCUT2D eigenvalue weighted by atomic mass is 79.9. The minimum atomic E-state index is 0.775. The van der Waals surface area contributed by atoms with Crippen LogP contribution in [0.15, 0.2) is 28.9 Å². The standard InChI is InChI=1S/C14H16BrN/c15-13-8-4-7-11-12(9-16-14(11)13)10-5-2-1-3-6-10/h4,7-10,16H,1-3,5-6H2. The number of benzene rings is 1. The average Bonchev–Trinajstić information content (AvgIpc) is 2.75. The van der Waals surface area contributed by atoms with Crippen LogP contribution in [-0.2, 0) is 0 Å². The Labute approximate surface area is 104 Å². The number of rotatable bonds is 1. The summed E-state index contributed by atoms with van der Waals surface area (Å²) in [6.45, 7) is 0. The number of para-hydroxylation sites is 1. The van der Waals surface area contributed by atoms with Crippen LogP contribution in [0.25, 0.3) is 10.9 Å². The van der Waals surface area contributed by atoms with Crippen LogP contribution >= 0.6 is 15.9 Å². The summed E-state index contributed by atoms with van der Waals surface area (Å²) >= 11 is 3.60. The monoisotopic (exact) mass is 277 g/mol. The van der Waals surface area contributed by atoms with Crippen molar-refractivity contribution in [3.63, 3.8) is 0 Å². The first-order chi connectivity index (χ1) is 7.86. The van der Waals surface area contributed by atoms with Crippen molar-refractivity contribution in [2.45, 2.75) is 38.0 Å². The maximum Gasteiger partial charge on any atom is 0.0601 e. The molecular formula is C14H16BrN. The predicted molar refractivity (Wildman–Crippen MR) is 71.8 cm³/mol. The molecule has 0 unspecified atom stereocenters. The Kier molecular flexibility index (Phi) is 2.76. The summed E-state index contributed by atoms with van der Waals surface area (Å²) in [6.07, 6.45) is 9.14. The minimum Gasteiger partial charge on any atom is -0.360 e. The van der Waals surface area contributed by atoms with Gasteiger partial charge in [-0.25, -0.2) is 0 Å². The van der Waals surface area contributed by atoms with Crippen molar-refractivity contribution in [3.05, 3.63) is 34.4 Å². The van der Waals surface area contributed by atoms with Gasteiger partial charge in [-0.05, 0) is 46.3 Å². The second kappa shape index (κ2) is 4.25. The number of fused-ring (bicyclic) bond motifs is 1. The van der Waals surface area contributed by atoms with E-state index in [2.05, 4.69) is 45.3 Å². The molecule has 1 saturated carbocycles. The molecule has 1 aromatic carbocycles. The van der Waals surface area contributed by atoms with E-state index >= 15 is 0 Å². The minimum absolute atomic E-state index is 0.775. The topological polar surface area (TPSA) is 15.8 Å². The summed E-state index contributed by atoms with van der Waals surface area (Å²) in [4.78, 5) is 3.41. The van der Waals surface area contributed by atoms with E-state index in [-0.39, 0.29) is 0 Å². The molecule has 0 spiro atoms. The zero-order chi connectivity index (χ0) is 11.0.